The van der Waals surface area contributed by atoms with Gasteiger partial charge < -0.3 is 30.4 Å². The molecule has 43 heavy (non-hydrogen) atoms. The number of alkyl carbamates (subject to hydrolysis) is 1. The normalized spacial score (nSPS) is 16.1. The number of fused-ring (bicyclic) bond motifs is 1. The molecular formula is C33H48N4O6. The minimum Gasteiger partial charge on any atom is -0.497 e. The van der Waals surface area contributed by atoms with Gasteiger partial charge in [0.15, 0.2) is 5.43 Å². The average Bonchev–Trinajstić information content (AvgIpc) is 3.69. The molecule has 4 N–H and O–H groups in total. The SMILES string of the molecule is CC(C)C.COc1ccc2c(=O)cc(-c3ccccc3)[nH]c2c1.NC(=O)[C@@H]1CCCN1C(=O)CNC(=O)OC1CCCC1.[HH].[HH]. The largest absolute Gasteiger partial charge is 0.497 e. The second kappa shape index (κ2) is 16.3. The standard InChI is InChI=1S/C16H13NO2.C13H21N3O4.C4H10.2H2/c1-19-12-7-8-13-15(9-12)17-14(10-16(13)18)11-5-3-2-4-6-11;14-12(18)10-6-3-7-16(10)11(17)8-15-13(19)20-9-4-1-2-5-9;1-4(2)3;;/h2-10H,1H3,(H,17,18);9-10H,1-8H2,(H2,14,18)(H,15,19);4H,1-3H3;2*1H/t;10-;;;/m.0.../s1. The Labute approximate surface area is 255 Å². The first-order chi connectivity index (χ1) is 20.6. The lowest BCUT2D eigenvalue weighted by molar-refractivity contribution is -0.136. The molecule has 1 saturated heterocycles. The number of methoxy groups -OCH3 is 1. The number of primary amides is 1. The Morgan fingerprint density at radius 3 is 2.33 bits per heavy atom. The molecule has 2 fully saturated rings. The molecule has 5 rings (SSSR count). The summed E-state index contributed by atoms with van der Waals surface area (Å²) in [7, 11) is 1.61. The monoisotopic (exact) mass is 596 g/mol. The Hall–Kier alpha value is -4.34. The van der Waals surface area contributed by atoms with Crippen LogP contribution in [0, 0.1) is 5.92 Å². The molecule has 0 spiro atoms. The summed E-state index contributed by atoms with van der Waals surface area (Å²) in [5.74, 6) is 0.771. The van der Waals surface area contributed by atoms with Crippen LogP contribution in [-0.4, -0.2) is 60.1 Å². The lowest BCUT2D eigenvalue weighted by Crippen LogP contribution is -2.47. The number of aromatic amines is 1. The third-order valence-electron chi connectivity index (χ3n) is 6.98. The highest BCUT2D eigenvalue weighted by Gasteiger charge is 2.32. The van der Waals surface area contributed by atoms with Crippen LogP contribution in [0.4, 0.5) is 4.79 Å². The third-order valence-corrected chi connectivity index (χ3v) is 6.98. The number of nitrogens with one attached hydrogen (secondary N) is 2. The first-order valence-corrected chi connectivity index (χ1v) is 14.9. The van der Waals surface area contributed by atoms with Gasteiger partial charge in [-0.05, 0) is 62.1 Å². The molecule has 2 heterocycles. The number of likely N-dealkylation sites (tertiary alicyclic amines) is 1. The van der Waals surface area contributed by atoms with Crippen LogP contribution in [0.2, 0.25) is 0 Å². The molecule has 1 saturated carbocycles. The Morgan fingerprint density at radius 2 is 1.70 bits per heavy atom. The lowest BCUT2D eigenvalue weighted by atomic mass is 10.1. The van der Waals surface area contributed by atoms with Gasteiger partial charge in [0.05, 0.1) is 12.6 Å². The molecule has 10 nitrogen and oxygen atoms in total. The van der Waals surface area contributed by atoms with Crippen molar-refractivity contribution in [2.24, 2.45) is 11.7 Å². The van der Waals surface area contributed by atoms with Gasteiger partial charge in [0.2, 0.25) is 11.8 Å². The number of nitrogens with zero attached hydrogens (tertiary/aromatic N) is 1. The van der Waals surface area contributed by atoms with Crippen LogP contribution >= 0.6 is 0 Å². The van der Waals surface area contributed by atoms with Crippen LogP contribution in [0.5, 0.6) is 5.75 Å². The van der Waals surface area contributed by atoms with E-state index in [-0.39, 0.29) is 26.8 Å². The first-order valence-electron chi connectivity index (χ1n) is 14.9. The van der Waals surface area contributed by atoms with E-state index < -0.39 is 18.0 Å². The van der Waals surface area contributed by atoms with Gasteiger partial charge in [0, 0.05) is 32.6 Å². The smallest absolute Gasteiger partial charge is 0.407 e. The van der Waals surface area contributed by atoms with E-state index in [0.717, 1.165) is 60.5 Å². The van der Waals surface area contributed by atoms with E-state index in [1.165, 1.54) is 4.90 Å². The minimum absolute atomic E-state index is 0. The summed E-state index contributed by atoms with van der Waals surface area (Å²) in [6.07, 6.45) is 4.67. The predicted molar refractivity (Wildman–Crippen MR) is 172 cm³/mol. The quantitative estimate of drug-likeness (QED) is 0.343. The zero-order chi connectivity index (χ0) is 31.4. The third kappa shape index (κ3) is 10.2. The molecule has 1 aliphatic carbocycles. The number of hydrogen-bond acceptors (Lipinski definition) is 6. The second-order valence-corrected chi connectivity index (χ2v) is 11.4. The van der Waals surface area contributed by atoms with E-state index in [9.17, 15) is 19.2 Å². The van der Waals surface area contributed by atoms with Crippen LogP contribution in [0.25, 0.3) is 22.2 Å². The number of nitrogens with two attached hydrogens (primary N) is 1. The summed E-state index contributed by atoms with van der Waals surface area (Å²) < 4.78 is 10.4. The van der Waals surface area contributed by atoms with Crippen molar-refractivity contribution in [2.45, 2.75) is 71.4 Å². The number of benzene rings is 2. The first kappa shape index (κ1) is 33.2. The van der Waals surface area contributed by atoms with Crippen molar-refractivity contribution >= 4 is 28.8 Å². The van der Waals surface area contributed by atoms with Crippen molar-refractivity contribution in [3.8, 4) is 17.0 Å². The number of hydrogen-bond donors (Lipinski definition) is 3. The van der Waals surface area contributed by atoms with Gasteiger partial charge in [-0.2, -0.15) is 0 Å². The van der Waals surface area contributed by atoms with Crippen LogP contribution < -0.4 is 21.2 Å². The maximum atomic E-state index is 12.1. The van der Waals surface area contributed by atoms with E-state index in [1.807, 2.05) is 36.4 Å². The average molecular weight is 597 g/mol. The van der Waals surface area contributed by atoms with E-state index in [1.54, 1.807) is 25.3 Å². The molecule has 2 aliphatic rings. The molecule has 1 atom stereocenters. The van der Waals surface area contributed by atoms with E-state index >= 15 is 0 Å². The number of H-pyrrole nitrogens is 1. The maximum absolute atomic E-state index is 12.1. The fraction of sp³-hybridized carbons (Fsp3) is 0.455. The highest BCUT2D eigenvalue weighted by Crippen LogP contribution is 2.22. The van der Waals surface area contributed by atoms with Gasteiger partial charge >= 0.3 is 6.09 Å². The Morgan fingerprint density at radius 1 is 1.02 bits per heavy atom. The topological polar surface area (TPSA) is 144 Å². The molecule has 236 valence electrons. The second-order valence-electron chi connectivity index (χ2n) is 11.4. The molecule has 2 aromatic carbocycles. The van der Waals surface area contributed by atoms with Gasteiger partial charge in [0.1, 0.15) is 24.4 Å². The highest BCUT2D eigenvalue weighted by molar-refractivity contribution is 5.89. The minimum atomic E-state index is -0.569. The van der Waals surface area contributed by atoms with Crippen molar-refractivity contribution in [1.29, 1.82) is 0 Å². The molecule has 0 radical (unpaired) electrons. The summed E-state index contributed by atoms with van der Waals surface area (Å²) in [5.41, 5.74) is 7.84. The summed E-state index contributed by atoms with van der Waals surface area (Å²) in [5, 5.41) is 3.11. The highest BCUT2D eigenvalue weighted by atomic mass is 16.6. The van der Waals surface area contributed by atoms with E-state index in [0.29, 0.717) is 18.4 Å². The number of carbonyl (C=O) groups is 3. The van der Waals surface area contributed by atoms with Crippen molar-refractivity contribution in [3.63, 3.8) is 0 Å². The number of carbonyl (C=O) groups excluding carboxylic acids is 3. The van der Waals surface area contributed by atoms with Gasteiger partial charge in [-0.15, -0.1) is 0 Å². The van der Waals surface area contributed by atoms with Gasteiger partial charge in [-0.25, -0.2) is 4.79 Å². The summed E-state index contributed by atoms with van der Waals surface area (Å²) in [6.45, 7) is 6.85. The summed E-state index contributed by atoms with van der Waals surface area (Å²) in [4.78, 5) is 51.5. The predicted octanol–water partition coefficient (Wildman–Crippen LogP) is 5.49. The van der Waals surface area contributed by atoms with Crippen molar-refractivity contribution < 1.29 is 26.7 Å². The molecule has 3 aromatic rings. The molecule has 0 bridgehead atoms. The van der Waals surface area contributed by atoms with Crippen molar-refractivity contribution in [2.75, 3.05) is 20.2 Å². The van der Waals surface area contributed by atoms with Crippen LogP contribution in [0.15, 0.2) is 59.4 Å². The molecule has 3 amide bonds. The van der Waals surface area contributed by atoms with E-state index in [2.05, 4.69) is 31.1 Å². The van der Waals surface area contributed by atoms with Crippen molar-refractivity contribution in [3.05, 3.63) is 64.8 Å². The van der Waals surface area contributed by atoms with Gasteiger partial charge in [-0.1, -0.05) is 51.1 Å². The molecule has 1 aromatic heterocycles. The molecular weight excluding hydrogens is 548 g/mol. The fourth-order valence-corrected chi connectivity index (χ4v) is 4.94. The number of ether oxygens (including phenoxy) is 2. The molecule has 10 heteroatoms. The van der Waals surface area contributed by atoms with E-state index in [4.69, 9.17) is 15.2 Å². The van der Waals surface area contributed by atoms with Gasteiger partial charge in [0.25, 0.3) is 0 Å². The number of rotatable bonds is 6. The zero-order valence-corrected chi connectivity index (χ0v) is 25.6. The van der Waals surface area contributed by atoms with Crippen molar-refractivity contribution in [1.82, 2.24) is 15.2 Å². The molecule has 0 unspecified atom stereocenters. The van der Waals surface area contributed by atoms with Crippen LogP contribution in [0.3, 0.4) is 0 Å². The van der Waals surface area contributed by atoms with Gasteiger partial charge in [-0.3, -0.25) is 14.4 Å². The summed E-state index contributed by atoms with van der Waals surface area (Å²) >= 11 is 0. The molecule has 1 aliphatic heterocycles. The Bertz CT molecular complexity index is 1420. The fourth-order valence-electron chi connectivity index (χ4n) is 4.94. The van der Waals surface area contributed by atoms with Crippen LogP contribution in [-0.2, 0) is 14.3 Å². The van der Waals surface area contributed by atoms with Crippen LogP contribution in [0.1, 0.15) is 62.1 Å². The number of amides is 3. The lowest BCUT2D eigenvalue weighted by Gasteiger charge is -2.22. The Balaban J connectivity index is 0.000000387. The zero-order valence-electron chi connectivity index (χ0n) is 25.6. The summed E-state index contributed by atoms with van der Waals surface area (Å²) in [6, 6.07) is 16.3. The maximum Gasteiger partial charge on any atom is 0.407 e. The number of pyridine rings is 1. The Kier molecular flexibility index (Phi) is 12.6. The number of aromatic nitrogens is 1.